The van der Waals surface area contributed by atoms with Crippen molar-refractivity contribution in [3.05, 3.63) is 43.0 Å². The number of hydrogen-bond donors (Lipinski definition) is 0. The molecule has 2 amide bonds. The van der Waals surface area contributed by atoms with Gasteiger partial charge >= 0.3 is 6.09 Å². The second-order valence-corrected chi connectivity index (χ2v) is 7.37. The molecular formula is C20H25N5O3S. The van der Waals surface area contributed by atoms with E-state index in [-0.39, 0.29) is 17.8 Å². The van der Waals surface area contributed by atoms with Crippen molar-refractivity contribution < 1.29 is 14.3 Å². The highest BCUT2D eigenvalue weighted by Gasteiger charge is 2.25. The molecular weight excluding hydrogens is 390 g/mol. The molecule has 1 aromatic carbocycles. The Morgan fingerprint density at radius 1 is 1.14 bits per heavy atom. The summed E-state index contributed by atoms with van der Waals surface area (Å²) >= 11 is 1.36. The molecule has 1 aromatic heterocycles. The van der Waals surface area contributed by atoms with Gasteiger partial charge in [-0.2, -0.15) is 0 Å². The van der Waals surface area contributed by atoms with E-state index in [4.69, 9.17) is 4.74 Å². The molecule has 1 saturated heterocycles. The molecule has 9 heteroatoms. The molecule has 0 unspecified atom stereocenters. The van der Waals surface area contributed by atoms with Gasteiger partial charge < -0.3 is 14.5 Å². The first kappa shape index (κ1) is 20.9. The molecule has 0 bridgehead atoms. The number of thioether (sulfide) groups is 1. The van der Waals surface area contributed by atoms with Crippen molar-refractivity contribution in [3.8, 4) is 11.4 Å². The number of carbonyl (C=O) groups excluding carboxylic acids is 2. The van der Waals surface area contributed by atoms with Crippen LogP contribution in [-0.4, -0.2) is 75.1 Å². The average molecular weight is 416 g/mol. The Morgan fingerprint density at radius 2 is 1.83 bits per heavy atom. The Hall–Kier alpha value is -2.81. The Labute approximate surface area is 174 Å². The standard InChI is InChI=1S/C20H25N5O3S/c1-3-10-25-18(16-8-6-5-7-9-16)21-22-19(25)29-15-17(26)23-11-13-24(14-12-23)20(27)28-4-2/h3,5-9H,1,4,10-15H2,2H3. The highest BCUT2D eigenvalue weighted by molar-refractivity contribution is 7.99. The summed E-state index contributed by atoms with van der Waals surface area (Å²) in [6.45, 7) is 8.49. The number of piperazine rings is 1. The van der Waals surface area contributed by atoms with Gasteiger partial charge in [0.2, 0.25) is 5.91 Å². The molecule has 0 radical (unpaired) electrons. The third kappa shape index (κ3) is 5.17. The molecule has 1 aliphatic heterocycles. The number of hydrogen-bond acceptors (Lipinski definition) is 6. The second-order valence-electron chi connectivity index (χ2n) is 6.43. The molecule has 0 N–H and O–H groups in total. The largest absolute Gasteiger partial charge is 0.450 e. The molecule has 0 aliphatic carbocycles. The summed E-state index contributed by atoms with van der Waals surface area (Å²) in [5.74, 6) is 1.04. The van der Waals surface area contributed by atoms with Gasteiger partial charge in [0.1, 0.15) is 0 Å². The number of benzene rings is 1. The van der Waals surface area contributed by atoms with Crippen molar-refractivity contribution >= 4 is 23.8 Å². The topological polar surface area (TPSA) is 80.6 Å². The predicted molar refractivity (Wildman–Crippen MR) is 112 cm³/mol. The van der Waals surface area contributed by atoms with Gasteiger partial charge in [0, 0.05) is 38.3 Å². The molecule has 29 heavy (non-hydrogen) atoms. The first-order chi connectivity index (χ1) is 14.1. The maximum Gasteiger partial charge on any atom is 0.409 e. The zero-order chi connectivity index (χ0) is 20.6. The van der Waals surface area contributed by atoms with Crippen LogP contribution in [0.25, 0.3) is 11.4 Å². The van der Waals surface area contributed by atoms with Crippen LogP contribution in [0.5, 0.6) is 0 Å². The van der Waals surface area contributed by atoms with Gasteiger partial charge in [0.15, 0.2) is 11.0 Å². The van der Waals surface area contributed by atoms with E-state index in [1.54, 1.807) is 22.8 Å². The van der Waals surface area contributed by atoms with Crippen molar-refractivity contribution in [3.63, 3.8) is 0 Å². The van der Waals surface area contributed by atoms with Crippen LogP contribution in [-0.2, 0) is 16.1 Å². The average Bonchev–Trinajstić information content (AvgIpc) is 3.16. The van der Waals surface area contributed by atoms with Crippen molar-refractivity contribution in [2.45, 2.75) is 18.6 Å². The van der Waals surface area contributed by atoms with Gasteiger partial charge in [-0.15, -0.1) is 16.8 Å². The van der Waals surface area contributed by atoms with E-state index >= 15 is 0 Å². The van der Waals surface area contributed by atoms with E-state index < -0.39 is 0 Å². The van der Waals surface area contributed by atoms with Crippen molar-refractivity contribution in [2.75, 3.05) is 38.5 Å². The lowest BCUT2D eigenvalue weighted by atomic mass is 10.2. The summed E-state index contributed by atoms with van der Waals surface area (Å²) in [7, 11) is 0. The van der Waals surface area contributed by atoms with Crippen molar-refractivity contribution in [2.24, 2.45) is 0 Å². The quantitative estimate of drug-likeness (QED) is 0.511. The van der Waals surface area contributed by atoms with Gasteiger partial charge in [-0.1, -0.05) is 48.2 Å². The first-order valence-electron chi connectivity index (χ1n) is 9.55. The van der Waals surface area contributed by atoms with Gasteiger partial charge in [-0.3, -0.25) is 9.36 Å². The van der Waals surface area contributed by atoms with Crippen LogP contribution in [0.1, 0.15) is 6.92 Å². The van der Waals surface area contributed by atoms with Crippen LogP contribution in [0.2, 0.25) is 0 Å². The number of aromatic nitrogens is 3. The highest BCUT2D eigenvalue weighted by Crippen LogP contribution is 2.24. The number of rotatable bonds is 7. The molecule has 0 saturated carbocycles. The molecule has 0 atom stereocenters. The van der Waals surface area contributed by atoms with Crippen molar-refractivity contribution in [1.29, 1.82) is 0 Å². The van der Waals surface area contributed by atoms with Gasteiger partial charge in [-0.25, -0.2) is 4.79 Å². The van der Waals surface area contributed by atoms with Crippen LogP contribution in [0.4, 0.5) is 4.79 Å². The van der Waals surface area contributed by atoms with E-state index in [1.807, 2.05) is 34.9 Å². The molecule has 8 nitrogen and oxygen atoms in total. The maximum absolute atomic E-state index is 12.6. The van der Waals surface area contributed by atoms with Gasteiger partial charge in [0.25, 0.3) is 0 Å². The van der Waals surface area contributed by atoms with E-state index in [0.29, 0.717) is 44.5 Å². The molecule has 3 rings (SSSR count). The number of amides is 2. The lowest BCUT2D eigenvalue weighted by molar-refractivity contribution is -0.129. The van der Waals surface area contributed by atoms with Crippen LogP contribution in [0, 0.1) is 0 Å². The number of ether oxygens (including phenoxy) is 1. The Morgan fingerprint density at radius 3 is 2.48 bits per heavy atom. The smallest absolute Gasteiger partial charge is 0.409 e. The minimum absolute atomic E-state index is 0.0212. The third-order valence-electron chi connectivity index (χ3n) is 4.54. The second kappa shape index (κ2) is 10.1. The fourth-order valence-electron chi connectivity index (χ4n) is 3.06. The van der Waals surface area contributed by atoms with Crippen LogP contribution in [0.15, 0.2) is 48.1 Å². The SMILES string of the molecule is C=CCn1c(SCC(=O)N2CCN(C(=O)OCC)CC2)nnc1-c1ccccc1. The molecule has 1 fully saturated rings. The van der Waals surface area contributed by atoms with E-state index in [1.165, 1.54) is 11.8 Å². The lowest BCUT2D eigenvalue weighted by Crippen LogP contribution is -2.51. The minimum Gasteiger partial charge on any atom is -0.450 e. The number of allylic oxidation sites excluding steroid dienone is 1. The monoisotopic (exact) mass is 415 g/mol. The highest BCUT2D eigenvalue weighted by atomic mass is 32.2. The predicted octanol–water partition coefficient (Wildman–Crippen LogP) is 2.52. The molecule has 0 spiro atoms. The molecule has 1 aliphatic rings. The van der Waals surface area contributed by atoms with E-state index in [0.717, 1.165) is 11.4 Å². The van der Waals surface area contributed by atoms with Crippen LogP contribution < -0.4 is 0 Å². The Kier molecular flexibility index (Phi) is 7.29. The number of nitrogens with zero attached hydrogens (tertiary/aromatic N) is 5. The summed E-state index contributed by atoms with van der Waals surface area (Å²) in [5.41, 5.74) is 0.968. The minimum atomic E-state index is -0.319. The summed E-state index contributed by atoms with van der Waals surface area (Å²) in [6, 6.07) is 9.81. The zero-order valence-corrected chi connectivity index (χ0v) is 17.3. The third-order valence-corrected chi connectivity index (χ3v) is 5.50. The summed E-state index contributed by atoms with van der Waals surface area (Å²) in [5, 5.41) is 9.26. The summed E-state index contributed by atoms with van der Waals surface area (Å²) in [6.07, 6.45) is 1.47. The van der Waals surface area contributed by atoms with Gasteiger partial charge in [0.05, 0.1) is 12.4 Å². The maximum atomic E-state index is 12.6. The Balaban J connectivity index is 1.59. The van der Waals surface area contributed by atoms with Gasteiger partial charge in [-0.05, 0) is 6.92 Å². The summed E-state index contributed by atoms with van der Waals surface area (Å²) < 4.78 is 6.97. The zero-order valence-electron chi connectivity index (χ0n) is 16.5. The lowest BCUT2D eigenvalue weighted by Gasteiger charge is -2.34. The Bertz CT molecular complexity index is 847. The molecule has 154 valence electrons. The van der Waals surface area contributed by atoms with E-state index in [9.17, 15) is 9.59 Å². The normalized spacial score (nSPS) is 14.0. The molecule has 2 aromatic rings. The van der Waals surface area contributed by atoms with E-state index in [2.05, 4.69) is 16.8 Å². The fourth-order valence-corrected chi connectivity index (χ4v) is 3.91. The first-order valence-corrected chi connectivity index (χ1v) is 10.5. The van der Waals surface area contributed by atoms with Crippen LogP contribution >= 0.6 is 11.8 Å². The van der Waals surface area contributed by atoms with Crippen LogP contribution in [0.3, 0.4) is 0 Å². The summed E-state index contributed by atoms with van der Waals surface area (Å²) in [4.78, 5) is 27.8. The fraction of sp³-hybridized carbons (Fsp3) is 0.400. The van der Waals surface area contributed by atoms with Crippen molar-refractivity contribution in [1.82, 2.24) is 24.6 Å². The molecule has 2 heterocycles. The number of carbonyl (C=O) groups is 2.